The monoisotopic (exact) mass is 370 g/mol. The van der Waals surface area contributed by atoms with Gasteiger partial charge in [0.15, 0.2) is 11.5 Å². The predicted molar refractivity (Wildman–Crippen MR) is 93.2 cm³/mol. The van der Waals surface area contributed by atoms with Crippen molar-refractivity contribution < 1.29 is 24.0 Å². The lowest BCUT2D eigenvalue weighted by Crippen LogP contribution is -2.25. The average molecular weight is 370 g/mol. The molecule has 10 heteroatoms. The summed E-state index contributed by atoms with van der Waals surface area (Å²) in [5.41, 5.74) is 0.606. The van der Waals surface area contributed by atoms with E-state index in [1.54, 1.807) is 18.2 Å². The Bertz CT molecular complexity index is 954. The summed E-state index contributed by atoms with van der Waals surface area (Å²) in [5.74, 6) is 0.411. The van der Waals surface area contributed by atoms with Gasteiger partial charge in [0.1, 0.15) is 11.9 Å². The van der Waals surface area contributed by atoms with E-state index in [1.807, 2.05) is 0 Å². The second-order valence-corrected chi connectivity index (χ2v) is 5.48. The fourth-order valence-corrected chi connectivity index (χ4v) is 2.30. The van der Waals surface area contributed by atoms with Gasteiger partial charge in [-0.15, -0.1) is 0 Å². The summed E-state index contributed by atoms with van der Waals surface area (Å²) in [6, 6.07) is 7.02. The smallest absolute Gasteiger partial charge is 0.328 e. The number of nitrogens with one attached hydrogen (secondary N) is 1. The van der Waals surface area contributed by atoms with E-state index in [-0.39, 0.29) is 17.3 Å². The molecule has 0 saturated carbocycles. The van der Waals surface area contributed by atoms with Crippen LogP contribution in [0.2, 0.25) is 0 Å². The van der Waals surface area contributed by atoms with Crippen molar-refractivity contribution in [2.45, 2.75) is 0 Å². The third-order valence-corrected chi connectivity index (χ3v) is 3.73. The summed E-state index contributed by atoms with van der Waals surface area (Å²) in [7, 11) is 2.83. The van der Waals surface area contributed by atoms with Gasteiger partial charge in [-0.2, -0.15) is 0 Å². The molecule has 3 rings (SSSR count). The quantitative estimate of drug-likeness (QED) is 0.371. The molecule has 1 N–H and O–H groups in total. The summed E-state index contributed by atoms with van der Waals surface area (Å²) in [6.45, 7) is 0. The fraction of sp³-hybridized carbons (Fsp3) is 0.118. The van der Waals surface area contributed by atoms with Crippen LogP contribution in [-0.2, 0) is 4.79 Å². The van der Waals surface area contributed by atoms with Crippen LogP contribution in [0.25, 0.3) is 6.08 Å². The highest BCUT2D eigenvalue weighted by atomic mass is 16.6. The molecule has 1 aliphatic heterocycles. The number of carbonyl (C=O) groups excluding carboxylic acids is 2. The van der Waals surface area contributed by atoms with E-state index in [0.717, 1.165) is 11.1 Å². The number of carbonyl (C=O) groups is 2. The number of urea groups is 1. The van der Waals surface area contributed by atoms with Crippen LogP contribution in [-0.4, -0.2) is 40.9 Å². The standard InChI is InChI=1S/C17H14N4O6/c1-20-16(22)12(19-17(20)23)7-10-3-5-13(14(8-10)26-2)27-15-6-4-11(9-18-15)21(24)25/h3-9H,1-2H3,(H,19,23)/b12-7+. The Morgan fingerprint density at radius 1 is 1.22 bits per heavy atom. The summed E-state index contributed by atoms with van der Waals surface area (Å²) in [5, 5.41) is 13.1. The first-order valence-electron chi connectivity index (χ1n) is 7.66. The molecule has 1 aromatic carbocycles. The number of rotatable bonds is 5. The number of imide groups is 1. The Morgan fingerprint density at radius 3 is 2.56 bits per heavy atom. The summed E-state index contributed by atoms with van der Waals surface area (Å²) in [6.07, 6.45) is 2.60. The van der Waals surface area contributed by atoms with E-state index in [9.17, 15) is 19.7 Å². The maximum Gasteiger partial charge on any atom is 0.328 e. The number of aromatic nitrogens is 1. The zero-order chi connectivity index (χ0) is 19.6. The van der Waals surface area contributed by atoms with Crippen LogP contribution < -0.4 is 14.8 Å². The fourth-order valence-electron chi connectivity index (χ4n) is 2.30. The topological polar surface area (TPSA) is 124 Å². The zero-order valence-corrected chi connectivity index (χ0v) is 14.3. The van der Waals surface area contributed by atoms with Crippen LogP contribution in [0, 0.1) is 10.1 Å². The van der Waals surface area contributed by atoms with Crippen molar-refractivity contribution in [3.8, 4) is 17.4 Å². The lowest BCUT2D eigenvalue weighted by Gasteiger charge is -2.10. The maximum absolute atomic E-state index is 11.9. The minimum Gasteiger partial charge on any atom is -0.493 e. The average Bonchev–Trinajstić information content (AvgIpc) is 2.90. The first-order valence-corrected chi connectivity index (χ1v) is 7.66. The van der Waals surface area contributed by atoms with Gasteiger partial charge in [-0.1, -0.05) is 6.07 Å². The highest BCUT2D eigenvalue weighted by Gasteiger charge is 2.30. The van der Waals surface area contributed by atoms with Crippen molar-refractivity contribution in [3.63, 3.8) is 0 Å². The molecule has 1 aliphatic rings. The molecule has 0 bridgehead atoms. The van der Waals surface area contributed by atoms with E-state index in [0.29, 0.717) is 17.1 Å². The van der Waals surface area contributed by atoms with Gasteiger partial charge in [-0.05, 0) is 23.8 Å². The number of ether oxygens (including phenoxy) is 2. The number of likely N-dealkylation sites (N-methyl/N-ethyl adjacent to an activating group) is 1. The lowest BCUT2D eigenvalue weighted by atomic mass is 10.1. The first kappa shape index (κ1) is 17.9. The normalized spacial score (nSPS) is 15.0. The van der Waals surface area contributed by atoms with Gasteiger partial charge < -0.3 is 14.8 Å². The van der Waals surface area contributed by atoms with Crippen LogP contribution in [0.4, 0.5) is 10.5 Å². The van der Waals surface area contributed by atoms with Gasteiger partial charge in [0.05, 0.1) is 12.0 Å². The van der Waals surface area contributed by atoms with E-state index < -0.39 is 16.9 Å². The van der Waals surface area contributed by atoms with Crippen LogP contribution in [0.3, 0.4) is 0 Å². The number of nitro groups is 1. The molecule has 0 unspecified atom stereocenters. The van der Waals surface area contributed by atoms with Gasteiger partial charge >= 0.3 is 6.03 Å². The second kappa shape index (κ2) is 7.12. The van der Waals surface area contributed by atoms with E-state index >= 15 is 0 Å². The molecule has 1 aromatic heterocycles. The highest BCUT2D eigenvalue weighted by Crippen LogP contribution is 2.32. The number of hydrogen-bond donors (Lipinski definition) is 1. The maximum atomic E-state index is 11.9. The first-order chi connectivity index (χ1) is 12.9. The van der Waals surface area contributed by atoms with Crippen molar-refractivity contribution in [1.29, 1.82) is 0 Å². The molecule has 27 heavy (non-hydrogen) atoms. The molecule has 0 spiro atoms. The minimum atomic E-state index is -0.555. The van der Waals surface area contributed by atoms with Crippen molar-refractivity contribution in [3.05, 3.63) is 57.9 Å². The molecule has 1 fully saturated rings. The molecule has 3 amide bonds. The van der Waals surface area contributed by atoms with Gasteiger partial charge in [-0.3, -0.25) is 19.8 Å². The lowest BCUT2D eigenvalue weighted by molar-refractivity contribution is -0.385. The second-order valence-electron chi connectivity index (χ2n) is 5.48. The summed E-state index contributed by atoms with van der Waals surface area (Å²) < 4.78 is 10.9. The molecule has 0 aliphatic carbocycles. The van der Waals surface area contributed by atoms with Crippen molar-refractivity contribution in [2.24, 2.45) is 0 Å². The Morgan fingerprint density at radius 2 is 2.00 bits per heavy atom. The molecular formula is C17H14N4O6. The van der Waals surface area contributed by atoms with E-state index in [2.05, 4.69) is 10.3 Å². The van der Waals surface area contributed by atoms with E-state index in [1.165, 1.54) is 32.4 Å². The molecule has 138 valence electrons. The zero-order valence-electron chi connectivity index (χ0n) is 14.3. The Labute approximate surface area is 153 Å². The Hall–Kier alpha value is -3.95. The number of nitrogens with zero attached hydrogens (tertiary/aromatic N) is 3. The SMILES string of the molecule is COc1cc(/C=C2/NC(=O)N(C)C2=O)ccc1Oc1ccc([N+](=O)[O-])cn1. The molecule has 1 saturated heterocycles. The third-order valence-electron chi connectivity index (χ3n) is 3.73. The minimum absolute atomic E-state index is 0.148. The highest BCUT2D eigenvalue weighted by molar-refractivity contribution is 6.13. The summed E-state index contributed by atoms with van der Waals surface area (Å²) >= 11 is 0. The summed E-state index contributed by atoms with van der Waals surface area (Å²) in [4.78, 5) is 38.4. The third kappa shape index (κ3) is 3.68. The number of benzene rings is 1. The van der Waals surface area contributed by atoms with Gasteiger partial charge in [0.25, 0.3) is 11.6 Å². The largest absolute Gasteiger partial charge is 0.493 e. The van der Waals surface area contributed by atoms with Crippen molar-refractivity contribution >= 4 is 23.7 Å². The predicted octanol–water partition coefficient (Wildman–Crippen LogP) is 2.31. The van der Waals surface area contributed by atoms with Crippen LogP contribution in [0.1, 0.15) is 5.56 Å². The molecule has 10 nitrogen and oxygen atoms in total. The molecule has 2 heterocycles. The van der Waals surface area contributed by atoms with Crippen LogP contribution in [0.15, 0.2) is 42.2 Å². The molecule has 2 aromatic rings. The van der Waals surface area contributed by atoms with Gasteiger partial charge in [0, 0.05) is 19.2 Å². The van der Waals surface area contributed by atoms with Crippen molar-refractivity contribution in [2.75, 3.05) is 14.2 Å². The number of pyridine rings is 1. The van der Waals surface area contributed by atoms with Crippen molar-refractivity contribution in [1.82, 2.24) is 15.2 Å². The molecular weight excluding hydrogens is 356 g/mol. The van der Waals surface area contributed by atoms with Gasteiger partial charge in [-0.25, -0.2) is 9.78 Å². The van der Waals surface area contributed by atoms with E-state index in [4.69, 9.17) is 9.47 Å². The van der Waals surface area contributed by atoms with Crippen LogP contribution >= 0.6 is 0 Å². The Balaban J connectivity index is 1.83. The number of hydrogen-bond acceptors (Lipinski definition) is 7. The molecule has 0 atom stereocenters. The number of amides is 3. The number of methoxy groups -OCH3 is 1. The molecule has 0 radical (unpaired) electrons. The Kier molecular flexibility index (Phi) is 4.71. The van der Waals surface area contributed by atoms with Gasteiger partial charge in [0.2, 0.25) is 5.88 Å². The van der Waals surface area contributed by atoms with Crippen LogP contribution in [0.5, 0.6) is 17.4 Å².